The molecule has 0 aliphatic carbocycles. The Morgan fingerprint density at radius 3 is 2.52 bits per heavy atom. The number of halogens is 3. The molecule has 2 rings (SSSR count). The number of hydrazine groups is 1. The van der Waals surface area contributed by atoms with Gasteiger partial charge in [-0.1, -0.05) is 0 Å². The standard InChI is InChI=1S/C14H11F3N2OS/c15-10-2-4-12(17)13(6-10)21-7-9-5-8(14(20)19-18)1-3-11(9)16/h1-6H,7,18H2,(H,19,20). The minimum Gasteiger partial charge on any atom is -0.290 e. The summed E-state index contributed by atoms with van der Waals surface area (Å²) in [4.78, 5) is 11.4. The van der Waals surface area contributed by atoms with Gasteiger partial charge in [-0.15, -0.1) is 11.8 Å². The molecule has 0 saturated carbocycles. The molecule has 7 heteroatoms. The van der Waals surface area contributed by atoms with E-state index in [1.807, 2.05) is 5.43 Å². The summed E-state index contributed by atoms with van der Waals surface area (Å²) in [5.41, 5.74) is 2.33. The predicted molar refractivity (Wildman–Crippen MR) is 74.0 cm³/mol. The number of nitrogens with one attached hydrogen (secondary N) is 1. The highest BCUT2D eigenvalue weighted by atomic mass is 32.2. The smallest absolute Gasteiger partial charge is 0.265 e. The van der Waals surface area contributed by atoms with Gasteiger partial charge in [0, 0.05) is 16.2 Å². The summed E-state index contributed by atoms with van der Waals surface area (Å²) in [5.74, 6) is 2.81. The van der Waals surface area contributed by atoms with E-state index < -0.39 is 23.4 Å². The molecule has 2 aromatic carbocycles. The third-order valence-corrected chi connectivity index (χ3v) is 3.79. The largest absolute Gasteiger partial charge is 0.290 e. The van der Waals surface area contributed by atoms with Crippen LogP contribution in [0.1, 0.15) is 15.9 Å². The third-order valence-electron chi connectivity index (χ3n) is 2.72. The van der Waals surface area contributed by atoms with Crippen LogP contribution in [0.5, 0.6) is 0 Å². The molecule has 0 heterocycles. The average molecular weight is 312 g/mol. The molecule has 3 nitrogen and oxygen atoms in total. The molecule has 0 aromatic heterocycles. The molecule has 0 atom stereocenters. The van der Waals surface area contributed by atoms with Crippen LogP contribution < -0.4 is 11.3 Å². The lowest BCUT2D eigenvalue weighted by Crippen LogP contribution is -2.30. The minimum absolute atomic E-state index is 0.0535. The van der Waals surface area contributed by atoms with Crippen LogP contribution in [0.2, 0.25) is 0 Å². The van der Waals surface area contributed by atoms with Crippen molar-refractivity contribution in [1.82, 2.24) is 5.43 Å². The molecule has 0 fully saturated rings. The summed E-state index contributed by atoms with van der Waals surface area (Å²) in [6, 6.07) is 6.78. The van der Waals surface area contributed by atoms with Gasteiger partial charge < -0.3 is 0 Å². The van der Waals surface area contributed by atoms with E-state index in [0.717, 1.165) is 36.0 Å². The Labute approximate surface area is 123 Å². The summed E-state index contributed by atoms with van der Waals surface area (Å²) in [5, 5.41) is 0. The van der Waals surface area contributed by atoms with Crippen molar-refractivity contribution in [2.75, 3.05) is 0 Å². The quantitative estimate of drug-likeness (QED) is 0.395. The van der Waals surface area contributed by atoms with Crippen LogP contribution in [-0.4, -0.2) is 5.91 Å². The molecule has 0 aliphatic heterocycles. The van der Waals surface area contributed by atoms with Crippen molar-refractivity contribution in [3.63, 3.8) is 0 Å². The molecule has 0 saturated heterocycles. The van der Waals surface area contributed by atoms with E-state index in [1.54, 1.807) is 0 Å². The third kappa shape index (κ3) is 3.77. The zero-order chi connectivity index (χ0) is 15.4. The Morgan fingerprint density at radius 2 is 1.81 bits per heavy atom. The minimum atomic E-state index is -0.585. The highest BCUT2D eigenvalue weighted by Gasteiger charge is 2.11. The Balaban J connectivity index is 2.19. The Morgan fingerprint density at radius 1 is 1.10 bits per heavy atom. The zero-order valence-corrected chi connectivity index (χ0v) is 11.5. The van der Waals surface area contributed by atoms with Gasteiger partial charge in [-0.2, -0.15) is 0 Å². The van der Waals surface area contributed by atoms with E-state index in [-0.39, 0.29) is 21.8 Å². The fourth-order valence-corrected chi connectivity index (χ4v) is 2.59. The van der Waals surface area contributed by atoms with Crippen LogP contribution >= 0.6 is 11.8 Å². The number of amides is 1. The van der Waals surface area contributed by atoms with Gasteiger partial charge in [-0.05, 0) is 42.0 Å². The highest BCUT2D eigenvalue weighted by Crippen LogP contribution is 2.27. The fourth-order valence-electron chi connectivity index (χ4n) is 1.65. The molecule has 110 valence electrons. The van der Waals surface area contributed by atoms with Crippen molar-refractivity contribution < 1.29 is 18.0 Å². The first kappa shape index (κ1) is 15.4. The van der Waals surface area contributed by atoms with Gasteiger partial charge in [0.2, 0.25) is 0 Å². The van der Waals surface area contributed by atoms with Crippen LogP contribution in [0, 0.1) is 17.5 Å². The maximum Gasteiger partial charge on any atom is 0.265 e. The normalized spacial score (nSPS) is 10.5. The molecule has 3 N–H and O–H groups in total. The van der Waals surface area contributed by atoms with Gasteiger partial charge >= 0.3 is 0 Å². The van der Waals surface area contributed by atoms with Crippen LogP contribution in [0.25, 0.3) is 0 Å². The van der Waals surface area contributed by atoms with Gasteiger partial charge in [0.25, 0.3) is 5.91 Å². The van der Waals surface area contributed by atoms with E-state index in [1.165, 1.54) is 12.1 Å². The van der Waals surface area contributed by atoms with Crippen molar-refractivity contribution >= 4 is 17.7 Å². The number of carbonyl (C=O) groups is 1. The van der Waals surface area contributed by atoms with Crippen LogP contribution in [0.4, 0.5) is 13.2 Å². The number of nitrogen functional groups attached to an aromatic ring is 1. The zero-order valence-electron chi connectivity index (χ0n) is 10.7. The van der Waals surface area contributed by atoms with Gasteiger partial charge in [0.05, 0.1) is 0 Å². The fraction of sp³-hybridized carbons (Fsp3) is 0.0714. The van der Waals surface area contributed by atoms with E-state index in [9.17, 15) is 18.0 Å². The maximum absolute atomic E-state index is 13.7. The molecule has 0 unspecified atom stereocenters. The second-order valence-electron chi connectivity index (χ2n) is 4.14. The number of nitrogens with two attached hydrogens (primary N) is 1. The van der Waals surface area contributed by atoms with Crippen molar-refractivity contribution in [3.8, 4) is 0 Å². The van der Waals surface area contributed by atoms with Crippen LogP contribution in [-0.2, 0) is 5.75 Å². The average Bonchev–Trinajstić information content (AvgIpc) is 2.48. The van der Waals surface area contributed by atoms with Crippen molar-refractivity contribution in [1.29, 1.82) is 0 Å². The molecular formula is C14H11F3N2OS. The number of rotatable bonds is 4. The first-order chi connectivity index (χ1) is 10.0. The summed E-state index contributed by atoms with van der Waals surface area (Å²) in [6.45, 7) is 0. The topological polar surface area (TPSA) is 55.1 Å². The summed E-state index contributed by atoms with van der Waals surface area (Å²) >= 11 is 0.939. The Bertz CT molecular complexity index is 679. The SMILES string of the molecule is NNC(=O)c1ccc(F)c(CSc2cc(F)ccc2F)c1. The Hall–Kier alpha value is -1.99. The van der Waals surface area contributed by atoms with Gasteiger partial charge in [0.1, 0.15) is 17.5 Å². The predicted octanol–water partition coefficient (Wildman–Crippen LogP) is 3.00. The summed E-state index contributed by atoms with van der Waals surface area (Å²) in [6.07, 6.45) is 0. The summed E-state index contributed by atoms with van der Waals surface area (Å²) < 4.78 is 40.2. The van der Waals surface area contributed by atoms with Crippen LogP contribution in [0.3, 0.4) is 0 Å². The second-order valence-corrected chi connectivity index (χ2v) is 5.16. The number of thioether (sulfide) groups is 1. The summed E-state index contributed by atoms with van der Waals surface area (Å²) in [7, 11) is 0. The van der Waals surface area contributed by atoms with Gasteiger partial charge in [-0.25, -0.2) is 19.0 Å². The monoisotopic (exact) mass is 312 g/mol. The second kappa shape index (κ2) is 6.64. The lowest BCUT2D eigenvalue weighted by molar-refractivity contribution is 0.0953. The molecule has 0 radical (unpaired) electrons. The van der Waals surface area contributed by atoms with Gasteiger partial charge in [0.15, 0.2) is 0 Å². The first-order valence-electron chi connectivity index (χ1n) is 5.88. The Kier molecular flexibility index (Phi) is 4.87. The van der Waals surface area contributed by atoms with Gasteiger partial charge in [-0.3, -0.25) is 10.2 Å². The molecule has 21 heavy (non-hydrogen) atoms. The number of hydrogen-bond donors (Lipinski definition) is 2. The molecule has 0 bridgehead atoms. The van der Waals surface area contributed by atoms with E-state index in [2.05, 4.69) is 0 Å². The van der Waals surface area contributed by atoms with E-state index in [0.29, 0.717) is 0 Å². The number of carbonyl (C=O) groups excluding carboxylic acids is 1. The number of benzene rings is 2. The molecule has 0 aliphatic rings. The van der Waals surface area contributed by atoms with Crippen molar-refractivity contribution in [2.45, 2.75) is 10.6 Å². The first-order valence-corrected chi connectivity index (χ1v) is 6.87. The lowest BCUT2D eigenvalue weighted by Gasteiger charge is -2.07. The number of hydrogen-bond acceptors (Lipinski definition) is 3. The highest BCUT2D eigenvalue weighted by molar-refractivity contribution is 7.98. The molecule has 0 spiro atoms. The van der Waals surface area contributed by atoms with E-state index >= 15 is 0 Å². The molecular weight excluding hydrogens is 301 g/mol. The van der Waals surface area contributed by atoms with Crippen LogP contribution in [0.15, 0.2) is 41.3 Å². The van der Waals surface area contributed by atoms with E-state index in [4.69, 9.17) is 5.84 Å². The lowest BCUT2D eigenvalue weighted by atomic mass is 10.1. The molecule has 1 amide bonds. The molecule has 2 aromatic rings. The van der Waals surface area contributed by atoms with Crippen molar-refractivity contribution in [2.24, 2.45) is 5.84 Å². The maximum atomic E-state index is 13.7. The van der Waals surface area contributed by atoms with Crippen molar-refractivity contribution in [3.05, 3.63) is 65.0 Å².